The number of carboxylic acid groups (broad SMARTS) is 1. The van der Waals surface area contributed by atoms with Crippen LogP contribution in [0.2, 0.25) is 0 Å². The van der Waals surface area contributed by atoms with Gasteiger partial charge >= 0.3 is 5.97 Å². The maximum atomic E-state index is 13.2. The van der Waals surface area contributed by atoms with Crippen LogP contribution in [0.1, 0.15) is 74.5 Å². The Morgan fingerprint density at radius 2 is 1.79 bits per heavy atom. The predicted octanol–water partition coefficient (Wildman–Crippen LogP) is 6.77. The summed E-state index contributed by atoms with van der Waals surface area (Å²) in [5.41, 5.74) is 3.88. The molecule has 4 nitrogen and oxygen atoms in total. The molecule has 4 atom stereocenters. The minimum absolute atomic E-state index is 0.161. The lowest BCUT2D eigenvalue weighted by molar-refractivity contribution is -0.144. The summed E-state index contributed by atoms with van der Waals surface area (Å²) < 4.78 is 13.2. The number of benzene rings is 2. The molecule has 0 bridgehead atoms. The lowest BCUT2D eigenvalue weighted by Crippen LogP contribution is -2.43. The summed E-state index contributed by atoms with van der Waals surface area (Å²) in [5.74, 6) is 2.05. The summed E-state index contributed by atoms with van der Waals surface area (Å²) in [6, 6.07) is 15.5. The molecule has 0 amide bonds. The van der Waals surface area contributed by atoms with E-state index >= 15 is 0 Å². The van der Waals surface area contributed by atoms with Gasteiger partial charge in [0.15, 0.2) is 0 Å². The number of rotatable bonds is 11. The van der Waals surface area contributed by atoms with Crippen LogP contribution in [0.15, 0.2) is 48.5 Å². The van der Waals surface area contributed by atoms with Crippen LogP contribution in [-0.4, -0.2) is 59.6 Å². The quantitative estimate of drug-likeness (QED) is 0.345. The summed E-state index contributed by atoms with van der Waals surface area (Å²) in [4.78, 5) is 17.3. The van der Waals surface area contributed by atoms with Gasteiger partial charge < -0.3 is 10.0 Å². The molecule has 2 aromatic carbocycles. The van der Waals surface area contributed by atoms with Crippen LogP contribution in [0.5, 0.6) is 0 Å². The van der Waals surface area contributed by atoms with E-state index in [1.807, 2.05) is 12.1 Å². The third-order valence-corrected chi connectivity index (χ3v) is 10.2. The van der Waals surface area contributed by atoms with Crippen LogP contribution in [0.25, 0.3) is 0 Å². The first-order valence-corrected chi connectivity index (χ1v) is 15.4. The zero-order valence-electron chi connectivity index (χ0n) is 23.9. The fourth-order valence-electron chi connectivity index (χ4n) is 7.39. The van der Waals surface area contributed by atoms with Crippen molar-refractivity contribution < 1.29 is 14.3 Å². The third kappa shape index (κ3) is 7.29. The van der Waals surface area contributed by atoms with E-state index in [0.717, 1.165) is 57.9 Å². The molecule has 1 aliphatic carbocycles. The Labute approximate surface area is 234 Å². The van der Waals surface area contributed by atoms with Gasteiger partial charge in [-0.25, -0.2) is 4.39 Å². The first kappa shape index (κ1) is 28.3. The molecule has 0 radical (unpaired) electrons. The Bertz CT molecular complexity index is 1080. The molecule has 2 aromatic rings. The van der Waals surface area contributed by atoms with E-state index in [4.69, 9.17) is 0 Å². The van der Waals surface area contributed by atoms with Gasteiger partial charge in [0.05, 0.1) is 0 Å². The van der Waals surface area contributed by atoms with Crippen molar-refractivity contribution >= 4 is 5.97 Å². The first-order valence-electron chi connectivity index (χ1n) is 15.4. The van der Waals surface area contributed by atoms with Gasteiger partial charge in [-0.3, -0.25) is 9.69 Å². The van der Waals surface area contributed by atoms with Crippen molar-refractivity contribution in [3.05, 3.63) is 71.0 Å². The highest BCUT2D eigenvalue weighted by molar-refractivity contribution is 5.73. The predicted molar refractivity (Wildman–Crippen MR) is 155 cm³/mol. The smallest absolute Gasteiger partial charge is 0.320 e. The molecule has 0 aromatic heterocycles. The van der Waals surface area contributed by atoms with Crippen molar-refractivity contribution in [2.45, 2.75) is 77.2 Å². The summed E-state index contributed by atoms with van der Waals surface area (Å²) in [6.07, 6.45) is 9.09. The number of aliphatic carboxylic acids is 1. The molecular formula is C34H47FN2O2. The molecule has 4 unspecified atom stereocenters. The number of piperidine rings is 1. The van der Waals surface area contributed by atoms with E-state index < -0.39 is 5.97 Å². The average Bonchev–Trinajstić information content (AvgIpc) is 3.31. The fraction of sp³-hybridized carbons (Fsp3) is 0.618. The Morgan fingerprint density at radius 3 is 2.44 bits per heavy atom. The molecule has 39 heavy (non-hydrogen) atoms. The number of aryl methyl sites for hydroxylation is 2. The highest BCUT2D eigenvalue weighted by atomic mass is 19.1. The largest absolute Gasteiger partial charge is 0.480 e. The molecule has 0 spiro atoms. The van der Waals surface area contributed by atoms with Crippen LogP contribution < -0.4 is 0 Å². The fourth-order valence-corrected chi connectivity index (χ4v) is 7.39. The summed E-state index contributed by atoms with van der Waals surface area (Å²) >= 11 is 0. The number of halogens is 1. The van der Waals surface area contributed by atoms with Crippen LogP contribution in [0, 0.1) is 36.4 Å². The van der Waals surface area contributed by atoms with Crippen molar-refractivity contribution in [1.82, 2.24) is 9.80 Å². The summed E-state index contributed by atoms with van der Waals surface area (Å²) in [7, 11) is 0. The number of likely N-dealkylation sites (tertiary alicyclic amines) is 2. The average molecular weight is 535 g/mol. The third-order valence-electron chi connectivity index (χ3n) is 10.2. The zero-order valence-corrected chi connectivity index (χ0v) is 23.9. The van der Waals surface area contributed by atoms with Gasteiger partial charge in [0.25, 0.3) is 0 Å². The second-order valence-electron chi connectivity index (χ2n) is 12.9. The molecule has 5 rings (SSSR count). The molecule has 3 aliphatic rings. The second kappa shape index (κ2) is 13.0. The Hall–Kier alpha value is -2.24. The molecule has 3 fully saturated rings. The van der Waals surface area contributed by atoms with Crippen molar-refractivity contribution in [1.29, 1.82) is 0 Å². The number of carboxylic acids is 1. The van der Waals surface area contributed by atoms with Crippen LogP contribution in [0.3, 0.4) is 0 Å². The first-order chi connectivity index (χ1) is 18.9. The molecule has 1 N–H and O–H groups in total. The van der Waals surface area contributed by atoms with Gasteiger partial charge in [-0.2, -0.15) is 0 Å². The zero-order chi connectivity index (χ0) is 27.4. The number of hydrogen-bond acceptors (Lipinski definition) is 3. The monoisotopic (exact) mass is 534 g/mol. The van der Waals surface area contributed by atoms with Gasteiger partial charge in [0, 0.05) is 25.6 Å². The van der Waals surface area contributed by atoms with Crippen molar-refractivity contribution in [2.24, 2.45) is 23.7 Å². The van der Waals surface area contributed by atoms with E-state index in [1.165, 1.54) is 48.8 Å². The minimum atomic E-state index is -0.638. The van der Waals surface area contributed by atoms with E-state index in [-0.39, 0.29) is 11.9 Å². The molecule has 5 heteroatoms. The molecule has 2 heterocycles. The van der Waals surface area contributed by atoms with Crippen LogP contribution in [0.4, 0.5) is 4.39 Å². The summed E-state index contributed by atoms with van der Waals surface area (Å²) in [6.45, 7) is 9.61. The molecule has 1 saturated carbocycles. The van der Waals surface area contributed by atoms with Gasteiger partial charge in [-0.15, -0.1) is 0 Å². The second-order valence-corrected chi connectivity index (χ2v) is 12.9. The number of nitrogens with zero attached hydrogens (tertiary/aromatic N) is 2. The van der Waals surface area contributed by atoms with Gasteiger partial charge in [-0.1, -0.05) is 68.1 Å². The highest BCUT2D eigenvalue weighted by Crippen LogP contribution is 2.39. The van der Waals surface area contributed by atoms with Crippen LogP contribution in [-0.2, 0) is 11.2 Å². The molecule has 212 valence electrons. The van der Waals surface area contributed by atoms with E-state index in [9.17, 15) is 14.3 Å². The molecule has 2 aliphatic heterocycles. The number of hydrogen-bond donors (Lipinski definition) is 1. The highest BCUT2D eigenvalue weighted by Gasteiger charge is 2.41. The normalized spacial score (nSPS) is 24.9. The Balaban J connectivity index is 1.18. The standard InChI is InChI=1S/C34H47FN2O2/c1-24-5-3-8-29(19-24)32-23-37(33(34(38)39)20-27-6-4-7-27)22-30(32)21-36-17-15-28(16-18-36)25(2)9-10-26-11-13-31(35)14-12-26/h3,5,8,11-14,19,25,27-28,30,32-33H,4,6-7,9-10,15-18,20-23H2,1-2H3,(H,38,39). The number of carbonyl (C=O) groups is 1. The Kier molecular flexibility index (Phi) is 9.40. The van der Waals surface area contributed by atoms with Crippen molar-refractivity contribution in [3.8, 4) is 0 Å². The lowest BCUT2D eigenvalue weighted by atomic mass is 9.80. The molecule has 2 saturated heterocycles. The van der Waals surface area contributed by atoms with E-state index in [0.29, 0.717) is 23.7 Å². The van der Waals surface area contributed by atoms with Crippen LogP contribution >= 0.6 is 0 Å². The minimum Gasteiger partial charge on any atom is -0.480 e. The van der Waals surface area contributed by atoms with Crippen molar-refractivity contribution in [2.75, 3.05) is 32.7 Å². The van der Waals surface area contributed by atoms with E-state index in [1.54, 1.807) is 12.1 Å². The topological polar surface area (TPSA) is 43.8 Å². The van der Waals surface area contributed by atoms with Crippen molar-refractivity contribution in [3.63, 3.8) is 0 Å². The molecular weight excluding hydrogens is 487 g/mol. The Morgan fingerprint density at radius 1 is 1.05 bits per heavy atom. The SMILES string of the molecule is Cc1cccc(C2CN(C(CC3CCC3)C(=O)O)CC2CN2CCC(C(C)CCc3ccc(F)cc3)CC2)c1. The maximum absolute atomic E-state index is 13.2. The maximum Gasteiger partial charge on any atom is 0.320 e. The lowest BCUT2D eigenvalue weighted by Gasteiger charge is -2.37. The van der Waals surface area contributed by atoms with Gasteiger partial charge in [-0.05, 0) is 99.0 Å². The van der Waals surface area contributed by atoms with Gasteiger partial charge in [0.2, 0.25) is 0 Å². The summed E-state index contributed by atoms with van der Waals surface area (Å²) in [5, 5.41) is 10.2. The van der Waals surface area contributed by atoms with Gasteiger partial charge in [0.1, 0.15) is 11.9 Å². The van der Waals surface area contributed by atoms with E-state index in [2.05, 4.69) is 47.9 Å².